The van der Waals surface area contributed by atoms with Crippen molar-refractivity contribution in [2.75, 3.05) is 24.9 Å². The Hall–Kier alpha value is -3.03. The van der Waals surface area contributed by atoms with Gasteiger partial charge in [0.15, 0.2) is 5.13 Å². The van der Waals surface area contributed by atoms with Crippen molar-refractivity contribution in [2.24, 2.45) is 0 Å². The van der Waals surface area contributed by atoms with Crippen molar-refractivity contribution >= 4 is 44.4 Å². The van der Waals surface area contributed by atoms with E-state index in [1.807, 2.05) is 72.8 Å². The molecule has 1 amide bonds. The van der Waals surface area contributed by atoms with Crippen molar-refractivity contribution in [3.63, 3.8) is 0 Å². The largest absolute Gasteiger partial charge is 0.497 e. The zero-order chi connectivity index (χ0) is 22.3. The zero-order valence-electron chi connectivity index (χ0n) is 18.0. The van der Waals surface area contributed by atoms with Gasteiger partial charge < -0.3 is 9.47 Å². The van der Waals surface area contributed by atoms with Crippen LogP contribution >= 0.6 is 23.1 Å². The number of methoxy groups -OCH3 is 2. The second-order valence-corrected chi connectivity index (χ2v) is 9.25. The van der Waals surface area contributed by atoms with Gasteiger partial charge in [-0.05, 0) is 48.0 Å². The highest BCUT2D eigenvalue weighted by molar-refractivity contribution is 7.99. The van der Waals surface area contributed by atoms with E-state index in [1.165, 1.54) is 11.3 Å². The van der Waals surface area contributed by atoms with Gasteiger partial charge in [0.25, 0.3) is 0 Å². The molecule has 164 valence electrons. The van der Waals surface area contributed by atoms with Crippen molar-refractivity contribution in [3.05, 3.63) is 78.4 Å². The average Bonchev–Trinajstić information content (AvgIpc) is 3.26. The van der Waals surface area contributed by atoms with E-state index in [4.69, 9.17) is 14.5 Å². The molecule has 4 aromatic rings. The third-order valence-corrected chi connectivity index (χ3v) is 7.00. The Morgan fingerprint density at radius 1 is 0.969 bits per heavy atom. The molecular formula is C25H24N2O3S2. The quantitative estimate of drug-likeness (QED) is 0.283. The average molecular weight is 465 g/mol. The van der Waals surface area contributed by atoms with Crippen LogP contribution in [0.15, 0.2) is 77.7 Å². The lowest BCUT2D eigenvalue weighted by atomic mass is 10.2. The molecular weight excluding hydrogens is 440 g/mol. The van der Waals surface area contributed by atoms with Crippen LogP contribution in [-0.2, 0) is 11.3 Å². The summed E-state index contributed by atoms with van der Waals surface area (Å²) in [5.74, 6) is 2.35. The van der Waals surface area contributed by atoms with Crippen molar-refractivity contribution in [2.45, 2.75) is 17.9 Å². The Morgan fingerprint density at radius 3 is 2.41 bits per heavy atom. The molecule has 1 aromatic heterocycles. The molecule has 1 heterocycles. The molecule has 0 aliphatic rings. The van der Waals surface area contributed by atoms with Crippen LogP contribution in [0.5, 0.6) is 11.5 Å². The van der Waals surface area contributed by atoms with Crippen molar-refractivity contribution in [1.29, 1.82) is 0 Å². The van der Waals surface area contributed by atoms with E-state index in [2.05, 4.69) is 0 Å². The molecule has 0 unspecified atom stereocenters. The Bertz CT molecular complexity index is 1180. The first-order valence-corrected chi connectivity index (χ1v) is 12.0. The van der Waals surface area contributed by atoms with E-state index in [1.54, 1.807) is 30.9 Å². The van der Waals surface area contributed by atoms with Crippen LogP contribution in [0, 0.1) is 0 Å². The van der Waals surface area contributed by atoms with Crippen molar-refractivity contribution in [3.8, 4) is 11.5 Å². The first-order valence-electron chi connectivity index (χ1n) is 10.2. The van der Waals surface area contributed by atoms with Crippen LogP contribution in [0.2, 0.25) is 0 Å². The number of hydrogen-bond donors (Lipinski definition) is 0. The van der Waals surface area contributed by atoms with Gasteiger partial charge in [-0.15, -0.1) is 11.8 Å². The van der Waals surface area contributed by atoms with Gasteiger partial charge in [-0.25, -0.2) is 4.98 Å². The Balaban J connectivity index is 1.51. The number of fused-ring (bicyclic) bond motifs is 1. The zero-order valence-corrected chi connectivity index (χ0v) is 19.6. The second kappa shape index (κ2) is 10.5. The first-order chi connectivity index (χ1) is 15.7. The standard InChI is InChI=1S/C25H24N2O3S2/c1-29-19-8-11-21(12-9-19)31-15-14-24(28)27(17-18-6-4-3-5-7-18)25-26-22-13-10-20(30-2)16-23(22)32-25/h3-13,16H,14-15,17H2,1-2H3. The molecule has 32 heavy (non-hydrogen) atoms. The highest BCUT2D eigenvalue weighted by atomic mass is 32.2. The van der Waals surface area contributed by atoms with Crippen LogP contribution in [-0.4, -0.2) is 30.9 Å². The number of benzene rings is 3. The lowest BCUT2D eigenvalue weighted by molar-refractivity contribution is -0.118. The van der Waals surface area contributed by atoms with E-state index in [-0.39, 0.29) is 5.91 Å². The minimum absolute atomic E-state index is 0.0564. The predicted octanol–water partition coefficient (Wildman–Crippen LogP) is 6.03. The number of anilines is 1. The van der Waals surface area contributed by atoms with Crippen LogP contribution in [0.25, 0.3) is 10.2 Å². The van der Waals surface area contributed by atoms with E-state index in [0.29, 0.717) is 23.8 Å². The Kier molecular flexibility index (Phi) is 7.29. The topological polar surface area (TPSA) is 51.7 Å². The van der Waals surface area contributed by atoms with Gasteiger partial charge in [0.05, 0.1) is 31.0 Å². The third-order valence-electron chi connectivity index (χ3n) is 4.94. The smallest absolute Gasteiger partial charge is 0.229 e. The molecule has 3 aromatic carbocycles. The van der Waals surface area contributed by atoms with Crippen LogP contribution in [0.3, 0.4) is 0 Å². The lowest BCUT2D eigenvalue weighted by Gasteiger charge is -2.20. The first kappa shape index (κ1) is 22.2. The number of amides is 1. The maximum Gasteiger partial charge on any atom is 0.229 e. The maximum atomic E-state index is 13.3. The number of nitrogens with zero attached hydrogens (tertiary/aromatic N) is 2. The molecule has 7 heteroatoms. The fourth-order valence-corrected chi connectivity index (χ4v) is 5.08. The molecule has 5 nitrogen and oxygen atoms in total. The summed E-state index contributed by atoms with van der Waals surface area (Å²) < 4.78 is 11.5. The summed E-state index contributed by atoms with van der Waals surface area (Å²) in [5.41, 5.74) is 1.93. The number of hydrogen-bond acceptors (Lipinski definition) is 6. The summed E-state index contributed by atoms with van der Waals surface area (Å²) in [6.07, 6.45) is 0.419. The number of thiazole rings is 1. The van der Waals surface area contributed by atoms with Gasteiger partial charge in [0.1, 0.15) is 11.5 Å². The molecule has 0 radical (unpaired) electrons. The summed E-state index contributed by atoms with van der Waals surface area (Å²) in [6, 6.07) is 23.7. The number of carbonyl (C=O) groups is 1. The lowest BCUT2D eigenvalue weighted by Crippen LogP contribution is -2.30. The van der Waals surface area contributed by atoms with E-state index in [9.17, 15) is 4.79 Å². The normalized spacial score (nSPS) is 10.8. The number of carbonyl (C=O) groups excluding carboxylic acids is 1. The number of rotatable bonds is 9. The predicted molar refractivity (Wildman–Crippen MR) is 132 cm³/mol. The van der Waals surface area contributed by atoms with Gasteiger partial charge in [-0.2, -0.15) is 0 Å². The Morgan fingerprint density at radius 2 is 1.69 bits per heavy atom. The molecule has 0 N–H and O–H groups in total. The minimum atomic E-state index is 0.0564. The van der Waals surface area contributed by atoms with Gasteiger partial charge in [-0.3, -0.25) is 9.69 Å². The minimum Gasteiger partial charge on any atom is -0.497 e. The summed E-state index contributed by atoms with van der Waals surface area (Å²) in [6.45, 7) is 0.490. The highest BCUT2D eigenvalue weighted by Crippen LogP contribution is 2.33. The summed E-state index contributed by atoms with van der Waals surface area (Å²) in [5, 5.41) is 0.705. The highest BCUT2D eigenvalue weighted by Gasteiger charge is 2.20. The Labute approximate surface area is 196 Å². The monoisotopic (exact) mass is 464 g/mol. The SMILES string of the molecule is COc1ccc(SCCC(=O)N(Cc2ccccc2)c2nc3ccc(OC)cc3s2)cc1. The molecule has 0 saturated heterocycles. The van der Waals surface area contributed by atoms with E-state index >= 15 is 0 Å². The molecule has 0 bridgehead atoms. The van der Waals surface area contributed by atoms with Crippen molar-refractivity contribution in [1.82, 2.24) is 4.98 Å². The van der Waals surface area contributed by atoms with Crippen molar-refractivity contribution < 1.29 is 14.3 Å². The molecule has 0 aliphatic heterocycles. The maximum absolute atomic E-state index is 13.3. The molecule has 0 fully saturated rings. The van der Waals surface area contributed by atoms with Gasteiger partial charge in [0.2, 0.25) is 5.91 Å². The van der Waals surface area contributed by atoms with E-state index < -0.39 is 0 Å². The summed E-state index contributed by atoms with van der Waals surface area (Å²) in [7, 11) is 3.30. The van der Waals surface area contributed by atoms with E-state index in [0.717, 1.165) is 32.2 Å². The fourth-order valence-electron chi connectivity index (χ4n) is 3.23. The summed E-state index contributed by atoms with van der Waals surface area (Å²) >= 11 is 3.17. The number of thioether (sulfide) groups is 1. The fraction of sp³-hybridized carbons (Fsp3) is 0.200. The molecule has 0 aliphatic carbocycles. The van der Waals surface area contributed by atoms with Gasteiger partial charge in [0, 0.05) is 17.1 Å². The molecule has 0 atom stereocenters. The third kappa shape index (κ3) is 5.41. The summed E-state index contributed by atoms with van der Waals surface area (Å²) in [4.78, 5) is 20.9. The van der Waals surface area contributed by atoms with Crippen LogP contribution in [0.4, 0.5) is 5.13 Å². The molecule has 4 rings (SSSR count). The van der Waals surface area contributed by atoms with Gasteiger partial charge >= 0.3 is 0 Å². The van der Waals surface area contributed by atoms with Crippen LogP contribution in [0.1, 0.15) is 12.0 Å². The molecule has 0 spiro atoms. The molecule has 0 saturated carbocycles. The number of aromatic nitrogens is 1. The van der Waals surface area contributed by atoms with Crippen LogP contribution < -0.4 is 14.4 Å². The van der Waals surface area contributed by atoms with Gasteiger partial charge in [-0.1, -0.05) is 41.7 Å². The number of ether oxygens (including phenoxy) is 2. The second-order valence-electron chi connectivity index (χ2n) is 7.07.